The predicted molar refractivity (Wildman–Crippen MR) is 89.9 cm³/mol. The van der Waals surface area contributed by atoms with E-state index in [1.807, 2.05) is 23.7 Å². The summed E-state index contributed by atoms with van der Waals surface area (Å²) in [4.78, 5) is 18.3. The van der Waals surface area contributed by atoms with Crippen LogP contribution >= 0.6 is 0 Å². The Hall–Kier alpha value is -2.14. The molecule has 124 valence electrons. The summed E-state index contributed by atoms with van der Waals surface area (Å²) in [5, 5.41) is 9.23. The van der Waals surface area contributed by atoms with Gasteiger partial charge in [-0.15, -0.1) is 0 Å². The van der Waals surface area contributed by atoms with Crippen LogP contribution in [0.4, 0.5) is 0 Å². The van der Waals surface area contributed by atoms with Gasteiger partial charge in [0, 0.05) is 19.8 Å². The van der Waals surface area contributed by atoms with Crippen molar-refractivity contribution in [3.05, 3.63) is 53.6 Å². The Kier molecular flexibility index (Phi) is 5.93. The molecule has 1 aromatic heterocycles. The molecule has 0 saturated heterocycles. The zero-order chi connectivity index (χ0) is 16.8. The summed E-state index contributed by atoms with van der Waals surface area (Å²) < 4.78 is 1.88. The van der Waals surface area contributed by atoms with Gasteiger partial charge in [0.05, 0.1) is 31.6 Å². The standard InChI is InChI=1S/C18H25N3O2/c1-14(2)16-6-4-15(5-7-16)10-18(23)21(8-9-22)12-17-11-19-13-20(17)3/h4-7,11,13-14,22H,8-10,12H2,1-3H3. The minimum atomic E-state index is -0.0458. The van der Waals surface area contributed by atoms with Gasteiger partial charge >= 0.3 is 0 Å². The van der Waals surface area contributed by atoms with E-state index in [4.69, 9.17) is 0 Å². The normalized spacial score (nSPS) is 11.0. The van der Waals surface area contributed by atoms with Crippen LogP contribution in [0, 0.1) is 0 Å². The average Bonchev–Trinajstić information content (AvgIpc) is 2.92. The number of nitrogens with zero attached hydrogens (tertiary/aromatic N) is 3. The van der Waals surface area contributed by atoms with Gasteiger partial charge in [0.15, 0.2) is 0 Å². The fourth-order valence-corrected chi connectivity index (χ4v) is 2.45. The van der Waals surface area contributed by atoms with Gasteiger partial charge in [-0.05, 0) is 17.0 Å². The number of aliphatic hydroxyl groups is 1. The van der Waals surface area contributed by atoms with Crippen LogP contribution in [0.3, 0.4) is 0 Å². The Balaban J connectivity index is 2.04. The molecule has 0 radical (unpaired) electrons. The van der Waals surface area contributed by atoms with E-state index < -0.39 is 0 Å². The summed E-state index contributed by atoms with van der Waals surface area (Å²) in [5.74, 6) is 0.494. The lowest BCUT2D eigenvalue weighted by atomic mass is 10.0. The number of imidazole rings is 1. The third kappa shape index (κ3) is 4.66. The summed E-state index contributed by atoms with van der Waals surface area (Å²) in [6, 6.07) is 8.17. The smallest absolute Gasteiger partial charge is 0.227 e. The summed E-state index contributed by atoms with van der Waals surface area (Å²) in [6.07, 6.45) is 3.80. The Morgan fingerprint density at radius 2 is 2.00 bits per heavy atom. The lowest BCUT2D eigenvalue weighted by Gasteiger charge is -2.22. The van der Waals surface area contributed by atoms with E-state index in [0.29, 0.717) is 25.4 Å². The monoisotopic (exact) mass is 315 g/mol. The highest BCUT2D eigenvalue weighted by molar-refractivity contribution is 5.78. The maximum Gasteiger partial charge on any atom is 0.227 e. The van der Waals surface area contributed by atoms with Crippen molar-refractivity contribution in [1.29, 1.82) is 0 Å². The molecule has 23 heavy (non-hydrogen) atoms. The number of rotatable bonds is 7. The summed E-state index contributed by atoms with van der Waals surface area (Å²) >= 11 is 0. The van der Waals surface area contributed by atoms with Crippen molar-refractivity contribution in [2.75, 3.05) is 13.2 Å². The Bertz CT molecular complexity index is 632. The molecule has 1 aromatic carbocycles. The number of aromatic nitrogens is 2. The Labute approximate surface area is 137 Å². The van der Waals surface area contributed by atoms with Gasteiger partial charge in [-0.1, -0.05) is 38.1 Å². The zero-order valence-electron chi connectivity index (χ0n) is 14.1. The van der Waals surface area contributed by atoms with Crippen LogP contribution in [0.15, 0.2) is 36.8 Å². The maximum atomic E-state index is 12.5. The van der Waals surface area contributed by atoms with Crippen LogP contribution in [0.1, 0.15) is 36.6 Å². The number of carbonyl (C=O) groups is 1. The van der Waals surface area contributed by atoms with Crippen molar-refractivity contribution in [1.82, 2.24) is 14.5 Å². The molecule has 5 heteroatoms. The van der Waals surface area contributed by atoms with Gasteiger partial charge < -0.3 is 14.6 Å². The zero-order valence-corrected chi connectivity index (χ0v) is 14.1. The number of hydrogen-bond acceptors (Lipinski definition) is 3. The average molecular weight is 315 g/mol. The summed E-state index contributed by atoms with van der Waals surface area (Å²) in [6.45, 7) is 5.04. The molecule has 0 fully saturated rings. The molecule has 5 nitrogen and oxygen atoms in total. The third-order valence-corrected chi connectivity index (χ3v) is 3.99. The molecule has 1 amide bonds. The molecule has 0 spiro atoms. The summed E-state index contributed by atoms with van der Waals surface area (Å²) in [5.41, 5.74) is 3.21. The fourth-order valence-electron chi connectivity index (χ4n) is 2.45. The lowest BCUT2D eigenvalue weighted by Crippen LogP contribution is -2.34. The number of aliphatic hydroxyl groups excluding tert-OH is 1. The predicted octanol–water partition coefficient (Wildman–Crippen LogP) is 2.11. The molecule has 0 unspecified atom stereocenters. The fraction of sp³-hybridized carbons (Fsp3) is 0.444. The van der Waals surface area contributed by atoms with E-state index >= 15 is 0 Å². The second kappa shape index (κ2) is 7.92. The van der Waals surface area contributed by atoms with Gasteiger partial charge in [0.1, 0.15) is 0 Å². The second-order valence-corrected chi connectivity index (χ2v) is 6.11. The molecule has 0 aliphatic rings. The van der Waals surface area contributed by atoms with Gasteiger partial charge in [-0.3, -0.25) is 4.79 Å². The van der Waals surface area contributed by atoms with Crippen molar-refractivity contribution in [3.8, 4) is 0 Å². The van der Waals surface area contributed by atoms with E-state index in [-0.39, 0.29) is 12.5 Å². The number of carbonyl (C=O) groups excluding carboxylic acids is 1. The van der Waals surface area contributed by atoms with Gasteiger partial charge in [0.25, 0.3) is 0 Å². The molecule has 0 aliphatic carbocycles. The highest BCUT2D eigenvalue weighted by Gasteiger charge is 2.15. The number of benzene rings is 1. The molecular formula is C18H25N3O2. The van der Waals surface area contributed by atoms with E-state index in [2.05, 4.69) is 31.0 Å². The molecule has 0 bridgehead atoms. The molecule has 0 atom stereocenters. The molecule has 0 aliphatic heterocycles. The van der Waals surface area contributed by atoms with Crippen molar-refractivity contribution in [3.63, 3.8) is 0 Å². The number of aryl methyl sites for hydroxylation is 1. The molecule has 2 rings (SSSR count). The largest absolute Gasteiger partial charge is 0.395 e. The molecular weight excluding hydrogens is 290 g/mol. The molecule has 1 heterocycles. The van der Waals surface area contributed by atoms with Crippen molar-refractivity contribution >= 4 is 5.91 Å². The van der Waals surface area contributed by atoms with Crippen molar-refractivity contribution in [2.24, 2.45) is 7.05 Å². The second-order valence-electron chi connectivity index (χ2n) is 6.11. The van der Waals surface area contributed by atoms with Crippen LogP contribution < -0.4 is 0 Å². The van der Waals surface area contributed by atoms with Crippen LogP contribution in [-0.4, -0.2) is 38.6 Å². The Morgan fingerprint density at radius 1 is 1.30 bits per heavy atom. The summed E-state index contributed by atoms with van der Waals surface area (Å²) in [7, 11) is 1.90. The number of amides is 1. The van der Waals surface area contributed by atoms with Crippen LogP contribution in [-0.2, 0) is 24.8 Å². The third-order valence-electron chi connectivity index (χ3n) is 3.99. The van der Waals surface area contributed by atoms with Gasteiger partial charge in [0.2, 0.25) is 5.91 Å². The van der Waals surface area contributed by atoms with E-state index in [0.717, 1.165) is 11.3 Å². The van der Waals surface area contributed by atoms with Crippen LogP contribution in [0.2, 0.25) is 0 Å². The Morgan fingerprint density at radius 3 is 2.52 bits per heavy atom. The first-order chi connectivity index (χ1) is 11.0. The molecule has 1 N–H and O–H groups in total. The molecule has 2 aromatic rings. The molecule has 0 saturated carbocycles. The van der Waals surface area contributed by atoms with E-state index in [1.165, 1.54) is 5.56 Å². The van der Waals surface area contributed by atoms with Crippen molar-refractivity contribution < 1.29 is 9.90 Å². The first-order valence-corrected chi connectivity index (χ1v) is 7.94. The first-order valence-electron chi connectivity index (χ1n) is 7.94. The highest BCUT2D eigenvalue weighted by Crippen LogP contribution is 2.15. The lowest BCUT2D eigenvalue weighted by molar-refractivity contribution is -0.131. The van der Waals surface area contributed by atoms with Crippen LogP contribution in [0.25, 0.3) is 0 Å². The minimum Gasteiger partial charge on any atom is -0.395 e. The van der Waals surface area contributed by atoms with Gasteiger partial charge in [-0.2, -0.15) is 0 Å². The van der Waals surface area contributed by atoms with E-state index in [9.17, 15) is 9.90 Å². The van der Waals surface area contributed by atoms with E-state index in [1.54, 1.807) is 17.4 Å². The topological polar surface area (TPSA) is 58.4 Å². The quantitative estimate of drug-likeness (QED) is 0.851. The number of hydrogen-bond donors (Lipinski definition) is 1. The van der Waals surface area contributed by atoms with Crippen LogP contribution in [0.5, 0.6) is 0 Å². The minimum absolute atomic E-state index is 0.0116. The first kappa shape index (κ1) is 17.2. The maximum absolute atomic E-state index is 12.5. The SMILES string of the molecule is CC(C)c1ccc(CC(=O)N(CCO)Cc2cncn2C)cc1. The van der Waals surface area contributed by atoms with Gasteiger partial charge in [-0.25, -0.2) is 4.98 Å². The highest BCUT2D eigenvalue weighted by atomic mass is 16.3. The van der Waals surface area contributed by atoms with Crippen molar-refractivity contribution in [2.45, 2.75) is 32.7 Å².